The van der Waals surface area contributed by atoms with E-state index < -0.39 is 0 Å². The van der Waals surface area contributed by atoms with Crippen LogP contribution < -0.4 is 10.9 Å². The second kappa shape index (κ2) is 9.58. The summed E-state index contributed by atoms with van der Waals surface area (Å²) in [7, 11) is 0. The van der Waals surface area contributed by atoms with Crippen molar-refractivity contribution in [1.82, 2.24) is 19.9 Å². The lowest BCUT2D eigenvalue weighted by Crippen LogP contribution is -2.23. The molecule has 2 N–H and O–H groups in total. The van der Waals surface area contributed by atoms with E-state index in [1.165, 1.54) is 0 Å². The average Bonchev–Trinajstić information content (AvgIpc) is 3.33. The quantitative estimate of drug-likeness (QED) is 0.390. The van der Waals surface area contributed by atoms with Crippen LogP contribution in [0, 0.1) is 0 Å². The highest BCUT2D eigenvalue weighted by molar-refractivity contribution is 5.94. The third-order valence-corrected chi connectivity index (χ3v) is 5.81. The van der Waals surface area contributed by atoms with Gasteiger partial charge in [-0.3, -0.25) is 14.6 Å². The maximum absolute atomic E-state index is 12.7. The Bertz CT molecular complexity index is 1500. The lowest BCUT2D eigenvalue weighted by Gasteiger charge is -2.09. The molecule has 0 bridgehead atoms. The summed E-state index contributed by atoms with van der Waals surface area (Å²) in [5.74, 6) is -0.149. The lowest BCUT2D eigenvalue weighted by molar-refractivity contribution is 0.0950. The Labute approximate surface area is 196 Å². The molecule has 6 heteroatoms. The molecule has 0 spiro atoms. The van der Waals surface area contributed by atoms with E-state index in [-0.39, 0.29) is 11.5 Å². The summed E-state index contributed by atoms with van der Waals surface area (Å²) in [6.07, 6.45) is 7.74. The van der Waals surface area contributed by atoms with Crippen molar-refractivity contribution >= 4 is 16.8 Å². The first kappa shape index (κ1) is 21.4. The van der Waals surface area contributed by atoms with Crippen molar-refractivity contribution in [3.63, 3.8) is 0 Å². The molecule has 0 radical (unpaired) electrons. The molecule has 0 aliphatic rings. The molecule has 1 amide bonds. The molecule has 2 aromatic carbocycles. The van der Waals surface area contributed by atoms with Crippen molar-refractivity contribution in [1.29, 1.82) is 0 Å². The van der Waals surface area contributed by atoms with Crippen LogP contribution in [0.1, 0.15) is 32.6 Å². The first-order chi connectivity index (χ1) is 16.6. The molecule has 0 atom stereocenters. The number of aromatic amines is 1. The zero-order chi connectivity index (χ0) is 23.3. The second-order valence-electron chi connectivity index (χ2n) is 8.32. The van der Waals surface area contributed by atoms with Crippen molar-refractivity contribution in [2.75, 3.05) is 0 Å². The number of hydrogen-bond donors (Lipinski definition) is 2. The van der Waals surface area contributed by atoms with E-state index in [9.17, 15) is 9.59 Å². The maximum Gasteiger partial charge on any atom is 0.253 e. The molecule has 0 unspecified atom stereocenters. The third kappa shape index (κ3) is 4.96. The largest absolute Gasteiger partial charge is 0.361 e. The number of fused-ring (bicyclic) bond motifs is 1. The summed E-state index contributed by atoms with van der Waals surface area (Å²) in [6.45, 7) is 0.984. The highest BCUT2D eigenvalue weighted by Gasteiger charge is 2.08. The number of aromatic nitrogens is 3. The van der Waals surface area contributed by atoms with E-state index in [4.69, 9.17) is 0 Å². The van der Waals surface area contributed by atoms with Crippen LogP contribution in [-0.4, -0.2) is 20.4 Å². The number of amides is 1. The van der Waals surface area contributed by atoms with Gasteiger partial charge in [0.1, 0.15) is 0 Å². The smallest absolute Gasteiger partial charge is 0.253 e. The number of carbonyl (C=O) groups excluding carboxylic acids is 1. The third-order valence-electron chi connectivity index (χ3n) is 5.81. The molecular formula is C28H24N4O2. The van der Waals surface area contributed by atoms with Gasteiger partial charge in [0.2, 0.25) is 0 Å². The minimum atomic E-state index is -0.149. The van der Waals surface area contributed by atoms with E-state index >= 15 is 0 Å². The fourth-order valence-corrected chi connectivity index (χ4v) is 3.98. The summed E-state index contributed by atoms with van der Waals surface area (Å²) in [6, 6.07) is 23.3. The molecule has 6 nitrogen and oxygen atoms in total. The van der Waals surface area contributed by atoms with Crippen LogP contribution in [-0.2, 0) is 19.5 Å². The van der Waals surface area contributed by atoms with Crippen LogP contribution in [0.2, 0.25) is 0 Å². The van der Waals surface area contributed by atoms with Crippen LogP contribution in [0.3, 0.4) is 0 Å². The number of carbonyl (C=O) groups is 1. The molecule has 5 rings (SSSR count). The number of rotatable bonds is 7. The molecule has 3 heterocycles. The Morgan fingerprint density at radius 1 is 0.882 bits per heavy atom. The van der Waals surface area contributed by atoms with Gasteiger partial charge in [-0.1, -0.05) is 42.5 Å². The van der Waals surface area contributed by atoms with Gasteiger partial charge in [-0.25, -0.2) is 0 Å². The first-order valence-electron chi connectivity index (χ1n) is 11.2. The summed E-state index contributed by atoms with van der Waals surface area (Å²) < 4.78 is 1.68. The van der Waals surface area contributed by atoms with Crippen LogP contribution in [0.15, 0.2) is 102 Å². The molecule has 0 saturated heterocycles. The molecule has 0 fully saturated rings. The maximum atomic E-state index is 12.7. The highest BCUT2D eigenvalue weighted by Crippen LogP contribution is 2.15. The second-order valence-corrected chi connectivity index (χ2v) is 8.32. The van der Waals surface area contributed by atoms with Gasteiger partial charge < -0.3 is 14.9 Å². The van der Waals surface area contributed by atoms with Crippen LogP contribution in [0.25, 0.3) is 10.9 Å². The van der Waals surface area contributed by atoms with Crippen molar-refractivity contribution in [3.05, 3.63) is 136 Å². The Balaban J connectivity index is 1.21. The SMILES string of the molecule is O=C(NCc1ccc2cc[nH]c2c1)c1cncc(Cc2ccc(Cn3ccccc3=O)cc2)c1. The fourth-order valence-electron chi connectivity index (χ4n) is 3.98. The minimum absolute atomic E-state index is 0.0161. The molecule has 34 heavy (non-hydrogen) atoms. The van der Waals surface area contributed by atoms with Crippen molar-refractivity contribution in [2.45, 2.75) is 19.5 Å². The van der Waals surface area contributed by atoms with Gasteiger partial charge in [-0.05, 0) is 58.3 Å². The fraction of sp³-hybridized carbons (Fsp3) is 0.107. The number of hydrogen-bond acceptors (Lipinski definition) is 3. The topological polar surface area (TPSA) is 79.8 Å². The summed E-state index contributed by atoms with van der Waals surface area (Å²) in [5, 5.41) is 4.12. The van der Waals surface area contributed by atoms with Gasteiger partial charge in [-0.15, -0.1) is 0 Å². The number of nitrogens with zero attached hydrogens (tertiary/aromatic N) is 2. The number of nitrogens with one attached hydrogen (secondary N) is 2. The van der Waals surface area contributed by atoms with Gasteiger partial charge >= 0.3 is 0 Å². The van der Waals surface area contributed by atoms with E-state index in [1.54, 1.807) is 35.3 Å². The first-order valence-corrected chi connectivity index (χ1v) is 11.2. The Hall–Kier alpha value is -4.45. The van der Waals surface area contributed by atoms with Crippen LogP contribution in [0.4, 0.5) is 0 Å². The standard InChI is InChI=1S/C28H24N4O2/c33-27-3-1-2-12-32(27)19-21-6-4-20(5-7-21)13-23-14-25(18-29-16-23)28(34)31-17-22-8-9-24-10-11-30-26(24)15-22/h1-12,14-16,18,30H,13,17,19H2,(H,31,34). The van der Waals surface area contributed by atoms with Gasteiger partial charge in [0.15, 0.2) is 0 Å². The molecule has 168 valence electrons. The normalized spacial score (nSPS) is 10.9. The lowest BCUT2D eigenvalue weighted by atomic mass is 10.0. The molecule has 0 aliphatic carbocycles. The molecule has 0 saturated carbocycles. The van der Waals surface area contributed by atoms with Crippen LogP contribution in [0.5, 0.6) is 0 Å². The van der Waals surface area contributed by atoms with Gasteiger partial charge in [0.05, 0.1) is 12.1 Å². The Kier molecular flexibility index (Phi) is 6.03. The van der Waals surface area contributed by atoms with E-state index in [0.717, 1.165) is 33.2 Å². The summed E-state index contributed by atoms with van der Waals surface area (Å²) in [5.41, 5.74) is 5.75. The number of benzene rings is 2. The Morgan fingerprint density at radius 2 is 1.71 bits per heavy atom. The predicted molar refractivity (Wildman–Crippen MR) is 133 cm³/mol. The van der Waals surface area contributed by atoms with Crippen molar-refractivity contribution in [2.24, 2.45) is 0 Å². The van der Waals surface area contributed by atoms with Gasteiger partial charge in [-0.2, -0.15) is 0 Å². The molecule has 5 aromatic rings. The Morgan fingerprint density at radius 3 is 2.56 bits per heavy atom. The average molecular weight is 449 g/mol. The monoisotopic (exact) mass is 448 g/mol. The minimum Gasteiger partial charge on any atom is -0.361 e. The predicted octanol–water partition coefficient (Wildman–Crippen LogP) is 4.29. The molecule has 3 aromatic heterocycles. The zero-order valence-corrected chi connectivity index (χ0v) is 18.6. The van der Waals surface area contributed by atoms with Crippen molar-refractivity contribution in [3.8, 4) is 0 Å². The van der Waals surface area contributed by atoms with E-state index in [1.807, 2.05) is 66.9 Å². The van der Waals surface area contributed by atoms with Crippen molar-refractivity contribution < 1.29 is 4.79 Å². The summed E-state index contributed by atoms with van der Waals surface area (Å²) >= 11 is 0. The highest BCUT2D eigenvalue weighted by atomic mass is 16.1. The number of pyridine rings is 2. The van der Waals surface area contributed by atoms with Gasteiger partial charge in [0, 0.05) is 42.9 Å². The van der Waals surface area contributed by atoms with E-state index in [0.29, 0.717) is 25.1 Å². The number of H-pyrrole nitrogens is 1. The van der Waals surface area contributed by atoms with E-state index in [2.05, 4.69) is 15.3 Å². The zero-order valence-electron chi connectivity index (χ0n) is 18.6. The summed E-state index contributed by atoms with van der Waals surface area (Å²) in [4.78, 5) is 32.1. The molecular weight excluding hydrogens is 424 g/mol. The van der Waals surface area contributed by atoms with Crippen LogP contribution >= 0.6 is 0 Å². The molecule has 0 aliphatic heterocycles. The van der Waals surface area contributed by atoms with Gasteiger partial charge in [0.25, 0.3) is 11.5 Å².